The first-order valence-electron chi connectivity index (χ1n) is 6.38. The molecule has 2 amide bonds. The van der Waals surface area contributed by atoms with Gasteiger partial charge in [0.2, 0.25) is 5.13 Å². The van der Waals surface area contributed by atoms with Crippen molar-refractivity contribution in [2.75, 3.05) is 17.2 Å². The van der Waals surface area contributed by atoms with Gasteiger partial charge in [0.05, 0.1) is 13.0 Å². The quantitative estimate of drug-likeness (QED) is 0.816. The summed E-state index contributed by atoms with van der Waals surface area (Å²) in [5.74, 6) is -0.381. The van der Waals surface area contributed by atoms with Gasteiger partial charge >= 0.3 is 12.0 Å². The Labute approximate surface area is 135 Å². The predicted octanol–water partition coefficient (Wildman–Crippen LogP) is 2.94. The van der Waals surface area contributed by atoms with Gasteiger partial charge in [-0.25, -0.2) is 4.79 Å². The fraction of sp³-hybridized carbons (Fsp3) is 0.231. The van der Waals surface area contributed by atoms with Crippen molar-refractivity contribution >= 4 is 45.8 Å². The monoisotopic (exact) mass is 340 g/mol. The highest BCUT2D eigenvalue weighted by atomic mass is 35.5. The number of urea groups is 1. The van der Waals surface area contributed by atoms with E-state index in [1.165, 1.54) is 0 Å². The van der Waals surface area contributed by atoms with E-state index in [9.17, 15) is 9.59 Å². The Morgan fingerprint density at radius 2 is 2.14 bits per heavy atom. The number of ether oxygens (including phenoxy) is 1. The number of nitrogens with one attached hydrogen (secondary N) is 2. The Kier molecular flexibility index (Phi) is 5.68. The van der Waals surface area contributed by atoms with Crippen molar-refractivity contribution in [3.05, 3.63) is 34.3 Å². The maximum absolute atomic E-state index is 11.8. The standard InChI is InChI=1S/C13H13ClN4O3S/c1-2-21-11(19)7-10-17-18-13(22-10)16-12(20)15-9-5-3-4-8(14)6-9/h3-6H,2,7H2,1H3,(H2,15,16,18,20). The number of carbonyl (C=O) groups is 2. The third-order valence-electron chi connectivity index (χ3n) is 2.37. The Morgan fingerprint density at radius 1 is 1.32 bits per heavy atom. The fourth-order valence-electron chi connectivity index (χ4n) is 1.54. The van der Waals surface area contributed by atoms with E-state index in [1.807, 2.05) is 0 Å². The fourth-order valence-corrected chi connectivity index (χ4v) is 2.45. The predicted molar refractivity (Wildman–Crippen MR) is 84.3 cm³/mol. The maximum Gasteiger partial charge on any atom is 0.325 e. The summed E-state index contributed by atoms with van der Waals surface area (Å²) in [6, 6.07) is 6.28. The molecule has 0 atom stereocenters. The van der Waals surface area contributed by atoms with Crippen LogP contribution in [0.5, 0.6) is 0 Å². The van der Waals surface area contributed by atoms with E-state index in [2.05, 4.69) is 20.8 Å². The van der Waals surface area contributed by atoms with Gasteiger partial charge in [-0.05, 0) is 25.1 Å². The minimum absolute atomic E-state index is 0.0309. The van der Waals surface area contributed by atoms with Crippen LogP contribution < -0.4 is 10.6 Å². The van der Waals surface area contributed by atoms with Crippen LogP contribution in [0.25, 0.3) is 0 Å². The highest BCUT2D eigenvalue weighted by molar-refractivity contribution is 7.15. The Hall–Kier alpha value is -2.19. The van der Waals surface area contributed by atoms with Crippen molar-refractivity contribution in [1.29, 1.82) is 0 Å². The molecule has 1 aromatic carbocycles. The molecule has 0 saturated carbocycles. The SMILES string of the molecule is CCOC(=O)Cc1nnc(NC(=O)Nc2cccc(Cl)c2)s1. The summed E-state index contributed by atoms with van der Waals surface area (Å²) < 4.78 is 4.81. The molecule has 2 aromatic rings. The number of amides is 2. The lowest BCUT2D eigenvalue weighted by molar-refractivity contribution is -0.142. The van der Waals surface area contributed by atoms with Gasteiger partial charge in [-0.1, -0.05) is 29.0 Å². The van der Waals surface area contributed by atoms with Crippen molar-refractivity contribution in [2.45, 2.75) is 13.3 Å². The average molecular weight is 341 g/mol. The smallest absolute Gasteiger partial charge is 0.325 e. The molecule has 0 aliphatic heterocycles. The number of hydrogen-bond acceptors (Lipinski definition) is 6. The number of halogens is 1. The Balaban J connectivity index is 1.89. The molecule has 0 fully saturated rings. The van der Waals surface area contributed by atoms with Crippen LogP contribution >= 0.6 is 22.9 Å². The minimum Gasteiger partial charge on any atom is -0.466 e. The van der Waals surface area contributed by atoms with E-state index in [1.54, 1.807) is 31.2 Å². The van der Waals surface area contributed by atoms with Crippen LogP contribution in [0.2, 0.25) is 5.02 Å². The highest BCUT2D eigenvalue weighted by Crippen LogP contribution is 2.18. The van der Waals surface area contributed by atoms with E-state index < -0.39 is 6.03 Å². The van der Waals surface area contributed by atoms with Crippen LogP contribution in [-0.4, -0.2) is 28.8 Å². The second-order valence-corrected chi connectivity index (χ2v) is 5.57. The first kappa shape index (κ1) is 16.2. The van der Waals surface area contributed by atoms with Gasteiger partial charge in [0.15, 0.2) is 0 Å². The van der Waals surface area contributed by atoms with Gasteiger partial charge in [0.25, 0.3) is 0 Å². The Morgan fingerprint density at radius 3 is 2.86 bits per heavy atom. The summed E-state index contributed by atoms with van der Waals surface area (Å²) in [6.45, 7) is 2.04. The maximum atomic E-state index is 11.8. The number of carbonyl (C=O) groups excluding carboxylic acids is 2. The van der Waals surface area contributed by atoms with Crippen LogP contribution in [0.1, 0.15) is 11.9 Å². The van der Waals surface area contributed by atoms with Gasteiger partial charge in [0, 0.05) is 10.7 Å². The van der Waals surface area contributed by atoms with Gasteiger partial charge < -0.3 is 10.1 Å². The van der Waals surface area contributed by atoms with Crippen molar-refractivity contribution in [1.82, 2.24) is 10.2 Å². The number of nitrogens with zero attached hydrogens (tertiary/aromatic N) is 2. The molecule has 2 N–H and O–H groups in total. The number of aromatic nitrogens is 2. The molecule has 0 saturated heterocycles. The lowest BCUT2D eigenvalue weighted by Gasteiger charge is -2.04. The molecule has 7 nitrogen and oxygen atoms in total. The van der Waals surface area contributed by atoms with Crippen LogP contribution in [0.15, 0.2) is 24.3 Å². The minimum atomic E-state index is -0.471. The lowest BCUT2D eigenvalue weighted by atomic mass is 10.3. The molecule has 2 rings (SSSR count). The molecule has 0 aliphatic rings. The summed E-state index contributed by atoms with van der Waals surface area (Å²) in [4.78, 5) is 23.1. The second kappa shape index (κ2) is 7.71. The van der Waals surface area contributed by atoms with E-state index in [0.717, 1.165) is 11.3 Å². The zero-order chi connectivity index (χ0) is 15.9. The molecule has 1 aromatic heterocycles. The van der Waals surface area contributed by atoms with Gasteiger partial charge in [-0.3, -0.25) is 10.1 Å². The van der Waals surface area contributed by atoms with Crippen molar-refractivity contribution < 1.29 is 14.3 Å². The average Bonchev–Trinajstić information content (AvgIpc) is 2.85. The lowest BCUT2D eigenvalue weighted by Crippen LogP contribution is -2.19. The molecule has 0 aliphatic carbocycles. The van der Waals surface area contributed by atoms with Crippen LogP contribution in [0.4, 0.5) is 15.6 Å². The van der Waals surface area contributed by atoms with E-state index in [-0.39, 0.29) is 12.4 Å². The number of benzene rings is 1. The first-order valence-corrected chi connectivity index (χ1v) is 7.58. The molecule has 1 heterocycles. The molecular formula is C13H13ClN4O3S. The summed E-state index contributed by atoms with van der Waals surface area (Å²) >= 11 is 6.94. The topological polar surface area (TPSA) is 93.2 Å². The summed E-state index contributed by atoms with van der Waals surface area (Å²) in [5.41, 5.74) is 0.557. The van der Waals surface area contributed by atoms with Crippen LogP contribution in [0.3, 0.4) is 0 Å². The zero-order valence-electron chi connectivity index (χ0n) is 11.6. The van der Waals surface area contributed by atoms with Crippen molar-refractivity contribution in [3.63, 3.8) is 0 Å². The molecule has 116 valence electrons. The van der Waals surface area contributed by atoms with Gasteiger partial charge in [0.1, 0.15) is 5.01 Å². The highest BCUT2D eigenvalue weighted by Gasteiger charge is 2.12. The van der Waals surface area contributed by atoms with Crippen molar-refractivity contribution in [2.24, 2.45) is 0 Å². The number of rotatable bonds is 5. The first-order chi connectivity index (χ1) is 10.6. The summed E-state index contributed by atoms with van der Waals surface area (Å²) in [5, 5.41) is 14.0. The number of anilines is 2. The van der Waals surface area contributed by atoms with Gasteiger partial charge in [-0.2, -0.15) is 0 Å². The summed E-state index contributed by atoms with van der Waals surface area (Å²) in [7, 11) is 0. The third-order valence-corrected chi connectivity index (χ3v) is 3.44. The third kappa shape index (κ3) is 4.97. The number of esters is 1. The molecule has 9 heteroatoms. The molecule has 0 unspecified atom stereocenters. The molecular weight excluding hydrogens is 328 g/mol. The van der Waals surface area contributed by atoms with Crippen LogP contribution in [-0.2, 0) is 16.0 Å². The molecule has 0 bridgehead atoms. The van der Waals surface area contributed by atoms with Crippen molar-refractivity contribution in [3.8, 4) is 0 Å². The number of hydrogen-bond donors (Lipinski definition) is 2. The zero-order valence-corrected chi connectivity index (χ0v) is 13.2. The summed E-state index contributed by atoms with van der Waals surface area (Å²) in [6.07, 6.45) is 0.0309. The largest absolute Gasteiger partial charge is 0.466 e. The molecule has 22 heavy (non-hydrogen) atoms. The molecule has 0 radical (unpaired) electrons. The van der Waals surface area contributed by atoms with E-state index in [0.29, 0.717) is 27.5 Å². The second-order valence-electron chi connectivity index (χ2n) is 4.07. The van der Waals surface area contributed by atoms with Gasteiger partial charge in [-0.15, -0.1) is 10.2 Å². The van der Waals surface area contributed by atoms with E-state index >= 15 is 0 Å². The normalized spacial score (nSPS) is 10.1. The molecule has 0 spiro atoms. The van der Waals surface area contributed by atoms with Crippen LogP contribution in [0, 0.1) is 0 Å². The Bertz CT molecular complexity index is 677. The van der Waals surface area contributed by atoms with E-state index in [4.69, 9.17) is 16.3 Å².